The lowest BCUT2D eigenvalue weighted by Gasteiger charge is -2.34. The van der Waals surface area contributed by atoms with Crippen LogP contribution in [0.4, 0.5) is 0 Å². The summed E-state index contributed by atoms with van der Waals surface area (Å²) in [6.07, 6.45) is 7.10. The molecule has 0 atom stereocenters. The van der Waals surface area contributed by atoms with E-state index in [1.54, 1.807) is 0 Å². The van der Waals surface area contributed by atoms with E-state index in [-0.39, 0.29) is 20.3 Å². The highest BCUT2D eigenvalue weighted by Gasteiger charge is 2.15. The molecule has 0 aromatic heterocycles. The van der Waals surface area contributed by atoms with Gasteiger partial charge in [-0.1, -0.05) is 28.2 Å². The molecule has 21 heavy (non-hydrogen) atoms. The van der Waals surface area contributed by atoms with Crippen LogP contribution in [0.2, 0.25) is 0 Å². The van der Waals surface area contributed by atoms with E-state index in [0.29, 0.717) is 0 Å². The molecule has 130 valence electrons. The summed E-state index contributed by atoms with van der Waals surface area (Å²) in [5.74, 6) is 0. The number of piperidine rings is 1. The Hall–Kier alpha value is -0.160. The second-order valence-electron chi connectivity index (χ2n) is 5.89. The van der Waals surface area contributed by atoms with Crippen LogP contribution in [0.3, 0.4) is 0 Å². The number of hydrogen-bond acceptors (Lipinski definition) is 3. The van der Waals surface area contributed by atoms with Gasteiger partial charge in [0.05, 0.1) is 0 Å². The van der Waals surface area contributed by atoms with Crippen LogP contribution < -0.4 is 0 Å². The van der Waals surface area contributed by atoms with E-state index < -0.39 is 0 Å². The van der Waals surface area contributed by atoms with Crippen molar-refractivity contribution in [2.24, 2.45) is 0 Å². The Morgan fingerprint density at radius 1 is 0.619 bits per heavy atom. The van der Waals surface area contributed by atoms with Crippen molar-refractivity contribution >= 4 is 0 Å². The molecule has 2 heterocycles. The largest absolute Gasteiger partial charge is 0.412 e. The fourth-order valence-electron chi connectivity index (χ4n) is 3.18. The summed E-state index contributed by atoms with van der Waals surface area (Å²) in [5, 5.41) is 0. The van der Waals surface area contributed by atoms with E-state index in [0.717, 1.165) is 0 Å². The molecule has 4 heteroatoms. The minimum absolute atomic E-state index is 0. The highest BCUT2D eigenvalue weighted by atomic mass is 16.0. The van der Waals surface area contributed by atoms with E-state index in [1.807, 2.05) is 0 Å². The predicted molar refractivity (Wildman–Crippen MR) is 95.2 cm³/mol. The molecule has 0 spiro atoms. The van der Waals surface area contributed by atoms with Gasteiger partial charge in [-0.05, 0) is 58.4 Å². The van der Waals surface area contributed by atoms with Crippen LogP contribution >= 0.6 is 0 Å². The fourth-order valence-corrected chi connectivity index (χ4v) is 3.18. The molecule has 2 saturated heterocycles. The number of likely N-dealkylation sites (tertiary alicyclic amines) is 1. The van der Waals surface area contributed by atoms with Crippen LogP contribution in [0, 0.1) is 0 Å². The minimum Gasteiger partial charge on any atom is -0.412 e. The number of rotatable bonds is 6. The summed E-state index contributed by atoms with van der Waals surface area (Å²) in [6, 6.07) is 0. The third-order valence-corrected chi connectivity index (χ3v) is 4.56. The summed E-state index contributed by atoms with van der Waals surface area (Å²) >= 11 is 0. The first kappa shape index (κ1) is 23.1. The van der Waals surface area contributed by atoms with Crippen LogP contribution in [-0.4, -0.2) is 79.1 Å². The van der Waals surface area contributed by atoms with Crippen molar-refractivity contribution in [2.75, 3.05) is 58.9 Å². The van der Waals surface area contributed by atoms with Gasteiger partial charge in [0.15, 0.2) is 0 Å². The summed E-state index contributed by atoms with van der Waals surface area (Å²) < 4.78 is 0. The number of piperazine rings is 1. The lowest BCUT2D eigenvalue weighted by atomic mass is 10.1. The smallest absolute Gasteiger partial charge is 0.0110 e. The normalized spacial score (nSPS) is 21.0. The monoisotopic (exact) mass is 303 g/mol. The van der Waals surface area contributed by atoms with Gasteiger partial charge in [-0.2, -0.15) is 0 Å². The summed E-state index contributed by atoms with van der Waals surface area (Å²) in [6.45, 7) is 14.0. The molecule has 2 N–H and O–H groups in total. The van der Waals surface area contributed by atoms with E-state index in [2.05, 4.69) is 21.6 Å². The van der Waals surface area contributed by atoms with Gasteiger partial charge in [-0.25, -0.2) is 0 Å². The SMILES string of the molecule is C.C.CCN1CCN(CCCCN2CCCCC2)CC1.O. The molecular formula is C17H41N3O. The van der Waals surface area contributed by atoms with Crippen molar-refractivity contribution in [3.05, 3.63) is 0 Å². The maximum absolute atomic E-state index is 2.67. The summed E-state index contributed by atoms with van der Waals surface area (Å²) in [7, 11) is 0. The molecular weight excluding hydrogens is 262 g/mol. The Kier molecular flexibility index (Phi) is 14.9. The zero-order valence-electron chi connectivity index (χ0n) is 12.7. The average molecular weight is 304 g/mol. The molecule has 0 bridgehead atoms. The summed E-state index contributed by atoms with van der Waals surface area (Å²) in [5.41, 5.74) is 0. The molecule has 0 aromatic carbocycles. The fraction of sp³-hybridized carbons (Fsp3) is 1.00. The van der Waals surface area contributed by atoms with Gasteiger partial charge in [0.25, 0.3) is 0 Å². The van der Waals surface area contributed by atoms with Crippen molar-refractivity contribution < 1.29 is 5.48 Å². The molecule has 0 saturated carbocycles. The number of hydrogen-bond donors (Lipinski definition) is 0. The van der Waals surface area contributed by atoms with Crippen molar-refractivity contribution in [3.8, 4) is 0 Å². The van der Waals surface area contributed by atoms with Gasteiger partial charge >= 0.3 is 0 Å². The molecule has 2 fully saturated rings. The van der Waals surface area contributed by atoms with Gasteiger partial charge in [0, 0.05) is 26.2 Å². The van der Waals surface area contributed by atoms with Crippen LogP contribution in [-0.2, 0) is 0 Å². The second-order valence-corrected chi connectivity index (χ2v) is 5.89. The average Bonchev–Trinajstić information content (AvgIpc) is 2.45. The van der Waals surface area contributed by atoms with E-state index in [4.69, 9.17) is 0 Å². The third-order valence-electron chi connectivity index (χ3n) is 4.56. The Morgan fingerprint density at radius 3 is 1.52 bits per heavy atom. The first-order valence-electron chi connectivity index (χ1n) is 8.05. The van der Waals surface area contributed by atoms with Gasteiger partial charge < -0.3 is 20.2 Å². The lowest BCUT2D eigenvalue weighted by Crippen LogP contribution is -2.46. The Labute approximate surface area is 133 Å². The molecule has 0 aliphatic carbocycles. The van der Waals surface area contributed by atoms with Gasteiger partial charge in [-0.15, -0.1) is 0 Å². The van der Waals surface area contributed by atoms with Crippen LogP contribution in [0.15, 0.2) is 0 Å². The minimum atomic E-state index is 0. The van der Waals surface area contributed by atoms with Crippen molar-refractivity contribution in [1.29, 1.82) is 0 Å². The maximum atomic E-state index is 2.67. The van der Waals surface area contributed by atoms with E-state index in [1.165, 1.54) is 91.0 Å². The lowest BCUT2D eigenvalue weighted by molar-refractivity contribution is 0.133. The van der Waals surface area contributed by atoms with Crippen molar-refractivity contribution in [2.45, 2.75) is 53.9 Å². The third kappa shape index (κ3) is 8.77. The first-order valence-corrected chi connectivity index (χ1v) is 8.05. The zero-order chi connectivity index (χ0) is 12.6. The number of likely N-dealkylation sites (N-methyl/N-ethyl adjacent to an activating group) is 1. The van der Waals surface area contributed by atoms with Crippen molar-refractivity contribution in [1.82, 2.24) is 14.7 Å². The highest BCUT2D eigenvalue weighted by Crippen LogP contribution is 2.10. The van der Waals surface area contributed by atoms with E-state index in [9.17, 15) is 0 Å². The number of unbranched alkanes of at least 4 members (excludes halogenated alkanes) is 1. The Balaban J connectivity index is 0. The Morgan fingerprint density at radius 2 is 1.05 bits per heavy atom. The second kappa shape index (κ2) is 13.5. The molecule has 0 amide bonds. The molecule has 0 aromatic rings. The van der Waals surface area contributed by atoms with Crippen molar-refractivity contribution in [3.63, 3.8) is 0 Å². The van der Waals surface area contributed by atoms with Crippen LogP contribution in [0.5, 0.6) is 0 Å². The molecule has 0 radical (unpaired) electrons. The number of nitrogens with zero attached hydrogens (tertiary/aromatic N) is 3. The van der Waals surface area contributed by atoms with Crippen LogP contribution in [0.1, 0.15) is 53.9 Å². The highest BCUT2D eigenvalue weighted by molar-refractivity contribution is 4.71. The molecule has 4 nitrogen and oxygen atoms in total. The molecule has 0 unspecified atom stereocenters. The molecule has 2 aliphatic rings. The maximum Gasteiger partial charge on any atom is 0.0110 e. The quantitative estimate of drug-likeness (QED) is 0.707. The van der Waals surface area contributed by atoms with E-state index >= 15 is 0 Å². The first-order chi connectivity index (χ1) is 8.88. The van der Waals surface area contributed by atoms with Gasteiger partial charge in [-0.3, -0.25) is 0 Å². The summed E-state index contributed by atoms with van der Waals surface area (Å²) in [4.78, 5) is 7.88. The molecule has 2 aliphatic heterocycles. The van der Waals surface area contributed by atoms with Gasteiger partial charge in [0.2, 0.25) is 0 Å². The Bertz CT molecular complexity index is 212. The standard InChI is InChI=1S/C15H31N3.2CH4.H2O/c1-2-16-12-14-18(15-13-16)11-7-6-10-17-8-4-3-5-9-17;;;/h2-15H2,1H3;2*1H4;1H2. The topological polar surface area (TPSA) is 41.2 Å². The van der Waals surface area contributed by atoms with Gasteiger partial charge in [0.1, 0.15) is 0 Å². The van der Waals surface area contributed by atoms with Crippen LogP contribution in [0.25, 0.3) is 0 Å². The predicted octanol–water partition coefficient (Wildman–Crippen LogP) is 2.34. The zero-order valence-corrected chi connectivity index (χ0v) is 12.7. The molecule has 2 rings (SSSR count).